The molecular weight excluding hydrogens is 316 g/mol. The average molecular weight is 333 g/mol. The first-order valence-corrected chi connectivity index (χ1v) is 7.81. The number of hydrogen-bond acceptors (Lipinski definition) is 2. The lowest BCUT2D eigenvalue weighted by atomic mass is 10.0. The molecule has 0 radical (unpaired) electrons. The highest BCUT2D eigenvalue weighted by Crippen LogP contribution is 2.38. The summed E-state index contributed by atoms with van der Waals surface area (Å²) in [5.41, 5.74) is 2.50. The van der Waals surface area contributed by atoms with Gasteiger partial charge in [0.1, 0.15) is 17.6 Å². The molecule has 0 saturated carbocycles. The predicted octanol–water partition coefficient (Wildman–Crippen LogP) is 4.53. The maximum Gasteiger partial charge on any atom is 0.123 e. The quantitative estimate of drug-likeness (QED) is 0.766. The van der Waals surface area contributed by atoms with E-state index in [4.69, 9.17) is 9.47 Å². The number of ether oxygens (including phenoxy) is 2. The number of halogens is 1. The first kappa shape index (κ1) is 13.5. The summed E-state index contributed by atoms with van der Waals surface area (Å²) >= 11 is 3.77. The van der Waals surface area contributed by atoms with Crippen LogP contribution < -0.4 is 9.47 Å². The summed E-state index contributed by atoms with van der Waals surface area (Å²) in [6.07, 6.45) is 1.09. The molecule has 1 heterocycles. The van der Waals surface area contributed by atoms with Gasteiger partial charge in [-0.25, -0.2) is 0 Å². The lowest BCUT2D eigenvalue weighted by molar-refractivity contribution is 0.231. The van der Waals surface area contributed by atoms with Gasteiger partial charge in [-0.2, -0.15) is 0 Å². The van der Waals surface area contributed by atoms with Crippen molar-refractivity contribution in [3.05, 3.63) is 59.7 Å². The van der Waals surface area contributed by atoms with Gasteiger partial charge in [0, 0.05) is 6.42 Å². The zero-order chi connectivity index (χ0) is 13.9. The first-order valence-electron chi connectivity index (χ1n) is 6.89. The molecule has 0 spiro atoms. The molecule has 3 heteroatoms. The molecule has 2 nitrogen and oxygen atoms in total. The molecule has 2 aromatic rings. The fourth-order valence-electron chi connectivity index (χ4n) is 2.50. The first-order chi connectivity index (χ1) is 9.78. The van der Waals surface area contributed by atoms with Crippen molar-refractivity contribution in [1.82, 2.24) is 0 Å². The van der Waals surface area contributed by atoms with Gasteiger partial charge >= 0.3 is 0 Å². The Balaban J connectivity index is 1.72. The van der Waals surface area contributed by atoms with Crippen molar-refractivity contribution >= 4 is 15.9 Å². The molecule has 0 aliphatic carbocycles. The van der Waals surface area contributed by atoms with Gasteiger partial charge in [-0.15, -0.1) is 0 Å². The second-order valence-corrected chi connectivity index (χ2v) is 5.86. The fraction of sp³-hybridized carbons (Fsp3) is 0.294. The van der Waals surface area contributed by atoms with Crippen LogP contribution in [0.5, 0.6) is 11.5 Å². The van der Waals surface area contributed by atoms with E-state index < -0.39 is 0 Å². The van der Waals surface area contributed by atoms with Crippen molar-refractivity contribution in [1.29, 1.82) is 0 Å². The largest absolute Gasteiger partial charge is 0.494 e. The van der Waals surface area contributed by atoms with E-state index in [0.29, 0.717) is 6.61 Å². The number of alkyl halides is 1. The van der Waals surface area contributed by atoms with Crippen molar-refractivity contribution in [2.45, 2.75) is 24.3 Å². The monoisotopic (exact) mass is 332 g/mol. The third kappa shape index (κ3) is 2.68. The van der Waals surface area contributed by atoms with Gasteiger partial charge < -0.3 is 9.47 Å². The zero-order valence-corrected chi connectivity index (χ0v) is 13.0. The van der Waals surface area contributed by atoms with Crippen LogP contribution in [-0.2, 0) is 6.42 Å². The van der Waals surface area contributed by atoms with Crippen LogP contribution in [0, 0.1) is 0 Å². The molecular formula is C17H17BrO2. The molecule has 2 atom stereocenters. The van der Waals surface area contributed by atoms with E-state index >= 15 is 0 Å². The third-order valence-corrected chi connectivity index (χ3v) is 4.63. The van der Waals surface area contributed by atoms with Crippen molar-refractivity contribution in [2.75, 3.05) is 6.61 Å². The molecule has 2 aromatic carbocycles. The van der Waals surface area contributed by atoms with Gasteiger partial charge in [-0.1, -0.05) is 46.3 Å². The Morgan fingerprint density at radius 1 is 1.20 bits per heavy atom. The van der Waals surface area contributed by atoms with Gasteiger partial charge in [0.05, 0.1) is 11.4 Å². The molecule has 0 saturated heterocycles. The molecule has 0 amide bonds. The van der Waals surface area contributed by atoms with Crippen LogP contribution in [0.1, 0.15) is 22.9 Å². The zero-order valence-electron chi connectivity index (χ0n) is 11.4. The Morgan fingerprint density at radius 3 is 2.65 bits per heavy atom. The summed E-state index contributed by atoms with van der Waals surface area (Å²) in [7, 11) is 0. The molecule has 0 N–H and O–H groups in total. The smallest absolute Gasteiger partial charge is 0.123 e. The van der Waals surface area contributed by atoms with Crippen LogP contribution in [-0.4, -0.2) is 12.7 Å². The van der Waals surface area contributed by atoms with E-state index in [2.05, 4.69) is 40.2 Å². The minimum Gasteiger partial charge on any atom is -0.494 e. The Hall–Kier alpha value is -1.48. The summed E-state index contributed by atoms with van der Waals surface area (Å²) < 4.78 is 11.5. The summed E-state index contributed by atoms with van der Waals surface area (Å²) in [4.78, 5) is 0.186. The van der Waals surface area contributed by atoms with Crippen LogP contribution in [0.3, 0.4) is 0 Å². The minimum atomic E-state index is 0.144. The van der Waals surface area contributed by atoms with Crippen LogP contribution >= 0.6 is 15.9 Å². The highest BCUT2D eigenvalue weighted by atomic mass is 79.9. The molecule has 3 rings (SSSR count). The van der Waals surface area contributed by atoms with Gasteiger partial charge in [-0.05, 0) is 36.2 Å². The molecule has 0 fully saturated rings. The van der Waals surface area contributed by atoms with Crippen LogP contribution in [0.25, 0.3) is 0 Å². The van der Waals surface area contributed by atoms with Gasteiger partial charge in [0.2, 0.25) is 0 Å². The van der Waals surface area contributed by atoms with E-state index in [-0.39, 0.29) is 10.9 Å². The fourth-order valence-corrected chi connectivity index (χ4v) is 3.10. The lowest BCUT2D eigenvalue weighted by Crippen LogP contribution is -2.19. The van der Waals surface area contributed by atoms with E-state index in [1.807, 2.05) is 31.2 Å². The summed E-state index contributed by atoms with van der Waals surface area (Å²) in [6.45, 7) is 2.68. The van der Waals surface area contributed by atoms with E-state index in [0.717, 1.165) is 17.9 Å². The number of rotatable bonds is 4. The molecule has 1 aliphatic rings. The third-order valence-electron chi connectivity index (χ3n) is 3.51. The van der Waals surface area contributed by atoms with Gasteiger partial charge in [-0.3, -0.25) is 0 Å². The number of benzene rings is 2. The molecule has 104 valence electrons. The SMILES string of the molecule is CCOc1ccc(C(Br)C2Cc3ccccc3O2)cc1. The minimum absolute atomic E-state index is 0.144. The number of para-hydroxylation sites is 1. The highest BCUT2D eigenvalue weighted by Gasteiger charge is 2.29. The Kier molecular flexibility index (Phi) is 3.97. The maximum atomic E-state index is 6.02. The molecule has 1 aliphatic heterocycles. The standard InChI is InChI=1S/C17H17BrO2/c1-2-19-14-9-7-12(8-10-14)17(18)16-11-13-5-3-4-6-15(13)20-16/h3-10,16-17H,2,11H2,1H3. The van der Waals surface area contributed by atoms with E-state index in [1.165, 1.54) is 11.1 Å². The van der Waals surface area contributed by atoms with Crippen molar-refractivity contribution in [2.24, 2.45) is 0 Å². The average Bonchev–Trinajstić information content (AvgIpc) is 2.91. The van der Waals surface area contributed by atoms with Crippen molar-refractivity contribution < 1.29 is 9.47 Å². The highest BCUT2D eigenvalue weighted by molar-refractivity contribution is 9.09. The van der Waals surface area contributed by atoms with E-state index in [1.54, 1.807) is 0 Å². The topological polar surface area (TPSA) is 18.5 Å². The predicted molar refractivity (Wildman–Crippen MR) is 83.8 cm³/mol. The summed E-state index contributed by atoms with van der Waals surface area (Å²) in [5.74, 6) is 1.92. The Morgan fingerprint density at radius 2 is 1.95 bits per heavy atom. The van der Waals surface area contributed by atoms with Crippen LogP contribution in [0.4, 0.5) is 0 Å². The maximum absolute atomic E-state index is 6.02. The molecule has 0 aromatic heterocycles. The Labute approximate surface area is 127 Å². The second kappa shape index (κ2) is 5.88. The van der Waals surface area contributed by atoms with Crippen molar-refractivity contribution in [3.63, 3.8) is 0 Å². The van der Waals surface area contributed by atoms with Gasteiger partial charge in [0.15, 0.2) is 0 Å². The lowest BCUT2D eigenvalue weighted by Gasteiger charge is -2.18. The van der Waals surface area contributed by atoms with Gasteiger partial charge in [0.25, 0.3) is 0 Å². The second-order valence-electron chi connectivity index (χ2n) is 4.87. The molecule has 20 heavy (non-hydrogen) atoms. The van der Waals surface area contributed by atoms with Crippen LogP contribution in [0.15, 0.2) is 48.5 Å². The molecule has 2 unspecified atom stereocenters. The summed E-state index contributed by atoms with van der Waals surface area (Å²) in [6, 6.07) is 16.4. The normalized spacial score (nSPS) is 18.2. The summed E-state index contributed by atoms with van der Waals surface area (Å²) in [5, 5.41) is 0. The Bertz CT molecular complexity index is 555. The molecule has 0 bridgehead atoms. The van der Waals surface area contributed by atoms with E-state index in [9.17, 15) is 0 Å². The van der Waals surface area contributed by atoms with Crippen molar-refractivity contribution in [3.8, 4) is 11.5 Å². The number of hydrogen-bond donors (Lipinski definition) is 0. The number of fused-ring (bicyclic) bond motifs is 1. The van der Waals surface area contributed by atoms with Crippen LogP contribution in [0.2, 0.25) is 0 Å².